The number of rotatable bonds is 39. The molecule has 14 nitrogen and oxygen atoms in total. The second-order valence-corrected chi connectivity index (χ2v) is 13.6. The number of hydrogen-bond donors (Lipinski definition) is 0. The lowest BCUT2D eigenvalue weighted by molar-refractivity contribution is -0.139. The predicted octanol–water partition coefficient (Wildman–Crippen LogP) is 5.59. The van der Waals surface area contributed by atoms with Gasteiger partial charge in [-0.05, 0) is 16.7 Å². The first-order chi connectivity index (χ1) is 31.2. The standard InChI is InChI=1S/C49H64O14/c50-47(43-13-5-1-6-14-43)48(51)62-41-39-60-37-35-58-33-31-56-29-27-54-25-23-52-21-22-53-24-26-55-28-30-57-32-34-59-36-38-61-40-42-63-49(44-15-7-2-8-16-44,45-17-9-3-10-18-45)46-19-11-4-12-20-46/h1-20H,21-42H2. The van der Waals surface area contributed by atoms with Gasteiger partial charge in [0.1, 0.15) is 12.2 Å². The molecule has 63 heavy (non-hydrogen) atoms. The molecule has 4 aromatic rings. The molecule has 14 heteroatoms. The summed E-state index contributed by atoms with van der Waals surface area (Å²) in [6.45, 7) is 9.13. The Morgan fingerprint density at radius 2 is 0.540 bits per heavy atom. The predicted molar refractivity (Wildman–Crippen MR) is 235 cm³/mol. The lowest BCUT2D eigenvalue weighted by Crippen LogP contribution is -2.34. The van der Waals surface area contributed by atoms with E-state index >= 15 is 0 Å². The molecule has 0 bridgehead atoms. The van der Waals surface area contributed by atoms with Gasteiger partial charge in [0.2, 0.25) is 0 Å². The topological polar surface area (TPSA) is 145 Å². The van der Waals surface area contributed by atoms with Gasteiger partial charge in [0.05, 0.1) is 139 Å². The highest BCUT2D eigenvalue weighted by Gasteiger charge is 2.37. The van der Waals surface area contributed by atoms with Crippen molar-refractivity contribution in [2.45, 2.75) is 5.60 Å². The average Bonchev–Trinajstić information content (AvgIpc) is 3.33. The Balaban J connectivity index is 0.837. The summed E-state index contributed by atoms with van der Waals surface area (Å²) in [6.07, 6.45) is 0. The first kappa shape index (κ1) is 51.2. The molecule has 0 aliphatic rings. The Kier molecular flexibility index (Phi) is 27.7. The third-order valence-corrected chi connectivity index (χ3v) is 9.12. The van der Waals surface area contributed by atoms with Crippen molar-refractivity contribution in [3.05, 3.63) is 144 Å². The second kappa shape index (κ2) is 34.0. The quantitative estimate of drug-likeness (QED) is 0.0181. The summed E-state index contributed by atoms with van der Waals surface area (Å²) in [5.41, 5.74) is 2.71. The second-order valence-electron chi connectivity index (χ2n) is 13.6. The van der Waals surface area contributed by atoms with Gasteiger partial charge in [-0.3, -0.25) is 4.79 Å². The smallest absolute Gasteiger partial charge is 0.379 e. The lowest BCUT2D eigenvalue weighted by Gasteiger charge is -2.36. The van der Waals surface area contributed by atoms with Crippen LogP contribution in [0.2, 0.25) is 0 Å². The summed E-state index contributed by atoms with van der Waals surface area (Å²) in [5.74, 6) is -1.58. The van der Waals surface area contributed by atoms with E-state index in [-0.39, 0.29) is 13.2 Å². The maximum Gasteiger partial charge on any atom is 0.379 e. The molecule has 0 aliphatic heterocycles. The van der Waals surface area contributed by atoms with Gasteiger partial charge in [0, 0.05) is 5.56 Å². The minimum absolute atomic E-state index is 0.00732. The monoisotopic (exact) mass is 876 g/mol. The first-order valence-corrected chi connectivity index (χ1v) is 21.6. The van der Waals surface area contributed by atoms with E-state index in [0.29, 0.717) is 138 Å². The van der Waals surface area contributed by atoms with Gasteiger partial charge >= 0.3 is 5.97 Å². The molecular formula is C49H64O14. The zero-order valence-corrected chi connectivity index (χ0v) is 36.3. The molecule has 4 aromatic carbocycles. The summed E-state index contributed by atoms with van der Waals surface area (Å²) in [7, 11) is 0. The van der Waals surface area contributed by atoms with Gasteiger partial charge in [-0.1, -0.05) is 121 Å². The van der Waals surface area contributed by atoms with Gasteiger partial charge in [-0.15, -0.1) is 0 Å². The molecule has 344 valence electrons. The number of benzene rings is 4. The number of Topliss-reactive ketones (excluding diaryl/α,β-unsaturated/α-hetero) is 1. The number of carbonyl (C=O) groups is 2. The molecule has 0 aromatic heterocycles. The van der Waals surface area contributed by atoms with Gasteiger partial charge < -0.3 is 56.8 Å². The Morgan fingerprint density at radius 3 is 0.825 bits per heavy atom. The maximum atomic E-state index is 11.9. The van der Waals surface area contributed by atoms with Crippen LogP contribution < -0.4 is 0 Å². The van der Waals surface area contributed by atoms with Crippen LogP contribution >= 0.6 is 0 Å². The SMILES string of the molecule is O=C(OCCOCCOCCOCCOCCOCCOCCOCCOCCOCCOCCOC(c1ccccc1)(c1ccccc1)c1ccccc1)C(=O)c1ccccc1. The van der Waals surface area contributed by atoms with Crippen LogP contribution in [0.1, 0.15) is 27.0 Å². The molecule has 0 saturated carbocycles. The number of ether oxygens (including phenoxy) is 12. The van der Waals surface area contributed by atoms with Crippen molar-refractivity contribution in [2.75, 3.05) is 145 Å². The molecule has 0 heterocycles. The molecule has 0 fully saturated rings. The van der Waals surface area contributed by atoms with Crippen molar-refractivity contribution in [1.29, 1.82) is 0 Å². The van der Waals surface area contributed by atoms with Gasteiger partial charge in [0.15, 0.2) is 0 Å². The molecule has 0 spiro atoms. The number of hydrogen-bond acceptors (Lipinski definition) is 14. The third kappa shape index (κ3) is 21.2. The lowest BCUT2D eigenvalue weighted by atomic mass is 9.80. The highest BCUT2D eigenvalue weighted by Crippen LogP contribution is 2.40. The highest BCUT2D eigenvalue weighted by atomic mass is 16.6. The van der Waals surface area contributed by atoms with Gasteiger partial charge in [0.25, 0.3) is 5.78 Å². The molecule has 0 N–H and O–H groups in total. The van der Waals surface area contributed by atoms with Crippen LogP contribution in [0, 0.1) is 0 Å². The van der Waals surface area contributed by atoms with Gasteiger partial charge in [-0.2, -0.15) is 0 Å². The Hall–Kier alpha value is -4.42. The number of ketones is 1. The fourth-order valence-corrected chi connectivity index (χ4v) is 6.07. The van der Waals surface area contributed by atoms with Crippen LogP contribution in [0.15, 0.2) is 121 Å². The van der Waals surface area contributed by atoms with Crippen molar-refractivity contribution in [2.24, 2.45) is 0 Å². The Labute approximate surface area is 371 Å². The minimum atomic E-state index is -0.900. The van der Waals surface area contributed by atoms with Crippen molar-refractivity contribution in [3.63, 3.8) is 0 Å². The molecule has 0 unspecified atom stereocenters. The molecular weight excluding hydrogens is 813 g/mol. The summed E-state index contributed by atoms with van der Waals surface area (Å²) in [4.78, 5) is 23.7. The Bertz CT molecular complexity index is 1600. The third-order valence-electron chi connectivity index (χ3n) is 9.12. The fourth-order valence-electron chi connectivity index (χ4n) is 6.07. The van der Waals surface area contributed by atoms with Crippen LogP contribution in [0.5, 0.6) is 0 Å². The van der Waals surface area contributed by atoms with Crippen molar-refractivity contribution >= 4 is 11.8 Å². The normalized spacial score (nSPS) is 11.5. The maximum absolute atomic E-state index is 11.9. The van der Waals surface area contributed by atoms with E-state index < -0.39 is 17.4 Å². The summed E-state index contributed by atoms with van der Waals surface area (Å²) in [6, 6.07) is 39.2. The molecule has 0 aliphatic carbocycles. The van der Waals surface area contributed by atoms with E-state index in [0.717, 1.165) is 16.7 Å². The summed E-state index contributed by atoms with van der Waals surface area (Å²) in [5, 5.41) is 0. The van der Waals surface area contributed by atoms with Crippen LogP contribution in [-0.2, 0) is 67.2 Å². The van der Waals surface area contributed by atoms with Crippen LogP contribution in [0.4, 0.5) is 0 Å². The van der Waals surface area contributed by atoms with E-state index in [1.165, 1.54) is 0 Å². The van der Waals surface area contributed by atoms with Crippen LogP contribution in [0.25, 0.3) is 0 Å². The van der Waals surface area contributed by atoms with Crippen molar-refractivity contribution < 1.29 is 66.4 Å². The number of esters is 1. The molecule has 0 radical (unpaired) electrons. The average molecular weight is 877 g/mol. The Morgan fingerprint density at radius 1 is 0.302 bits per heavy atom. The zero-order valence-electron chi connectivity index (χ0n) is 36.3. The molecule has 0 saturated heterocycles. The van der Waals surface area contributed by atoms with Crippen molar-refractivity contribution in [1.82, 2.24) is 0 Å². The zero-order chi connectivity index (χ0) is 44.1. The summed E-state index contributed by atoms with van der Waals surface area (Å²) >= 11 is 0. The fraction of sp³-hybridized carbons (Fsp3) is 0.469. The minimum Gasteiger partial charge on any atom is -0.457 e. The highest BCUT2D eigenvalue weighted by molar-refractivity contribution is 6.40. The molecule has 0 atom stereocenters. The molecule has 0 amide bonds. The number of carbonyl (C=O) groups excluding carboxylic acids is 2. The van der Waals surface area contributed by atoms with Gasteiger partial charge in [-0.25, -0.2) is 4.79 Å². The molecule has 4 rings (SSSR count). The largest absolute Gasteiger partial charge is 0.457 e. The van der Waals surface area contributed by atoms with E-state index in [1.54, 1.807) is 30.3 Å². The van der Waals surface area contributed by atoms with E-state index in [9.17, 15) is 9.59 Å². The van der Waals surface area contributed by atoms with E-state index in [2.05, 4.69) is 36.4 Å². The van der Waals surface area contributed by atoms with E-state index in [4.69, 9.17) is 56.8 Å². The summed E-state index contributed by atoms with van der Waals surface area (Å²) < 4.78 is 67.1. The van der Waals surface area contributed by atoms with Crippen LogP contribution in [0.3, 0.4) is 0 Å². The van der Waals surface area contributed by atoms with E-state index in [1.807, 2.05) is 54.6 Å². The van der Waals surface area contributed by atoms with Crippen molar-refractivity contribution in [3.8, 4) is 0 Å². The first-order valence-electron chi connectivity index (χ1n) is 21.6. The van der Waals surface area contributed by atoms with Crippen LogP contribution in [-0.4, -0.2) is 157 Å².